The Morgan fingerprint density at radius 2 is 2.00 bits per heavy atom. The van der Waals surface area contributed by atoms with Crippen LogP contribution in [0.25, 0.3) is 0 Å². The van der Waals surface area contributed by atoms with Gasteiger partial charge in [0.2, 0.25) is 5.91 Å². The fourth-order valence-electron chi connectivity index (χ4n) is 3.38. The molecule has 1 saturated carbocycles. The van der Waals surface area contributed by atoms with Gasteiger partial charge in [0.1, 0.15) is 0 Å². The molecule has 2 fully saturated rings. The van der Waals surface area contributed by atoms with Gasteiger partial charge >= 0.3 is 0 Å². The smallest absolute Gasteiger partial charge is 0.239 e. The van der Waals surface area contributed by atoms with E-state index in [4.69, 9.17) is 5.73 Å². The molecule has 1 aliphatic heterocycles. The highest BCUT2D eigenvalue weighted by Crippen LogP contribution is 2.32. The van der Waals surface area contributed by atoms with Crippen molar-refractivity contribution in [3.8, 4) is 0 Å². The zero-order chi connectivity index (χ0) is 11.5. The first-order valence-electron chi connectivity index (χ1n) is 6.80. The van der Waals surface area contributed by atoms with E-state index in [0.29, 0.717) is 6.04 Å². The molecule has 1 saturated heterocycles. The maximum Gasteiger partial charge on any atom is 0.239 e. The summed E-state index contributed by atoms with van der Waals surface area (Å²) in [5.41, 5.74) is 5.80. The van der Waals surface area contributed by atoms with Crippen molar-refractivity contribution in [2.24, 2.45) is 11.7 Å². The van der Waals surface area contributed by atoms with Crippen molar-refractivity contribution >= 4 is 5.91 Å². The van der Waals surface area contributed by atoms with Crippen molar-refractivity contribution in [2.75, 3.05) is 6.54 Å². The van der Waals surface area contributed by atoms with E-state index in [1.807, 2.05) is 0 Å². The zero-order valence-electron chi connectivity index (χ0n) is 10.3. The summed E-state index contributed by atoms with van der Waals surface area (Å²) in [4.78, 5) is 14.0. The first-order chi connectivity index (χ1) is 7.74. The third kappa shape index (κ3) is 2.24. The van der Waals surface area contributed by atoms with Gasteiger partial charge in [0, 0.05) is 12.6 Å². The number of hydrogen-bond acceptors (Lipinski definition) is 2. The minimum absolute atomic E-state index is 0.192. The predicted molar refractivity (Wildman–Crippen MR) is 65.0 cm³/mol. The van der Waals surface area contributed by atoms with Crippen LogP contribution in [-0.4, -0.2) is 29.4 Å². The fourth-order valence-corrected chi connectivity index (χ4v) is 3.38. The number of hydrogen-bond donors (Lipinski definition) is 1. The third-order valence-electron chi connectivity index (χ3n) is 4.29. The van der Waals surface area contributed by atoms with E-state index in [0.717, 1.165) is 25.3 Å². The highest BCUT2D eigenvalue weighted by atomic mass is 16.2. The summed E-state index contributed by atoms with van der Waals surface area (Å²) in [5, 5.41) is 0. The molecule has 2 rings (SSSR count). The van der Waals surface area contributed by atoms with Gasteiger partial charge < -0.3 is 10.6 Å². The first-order valence-corrected chi connectivity index (χ1v) is 6.80. The molecule has 0 spiro atoms. The molecular weight excluding hydrogens is 200 g/mol. The summed E-state index contributed by atoms with van der Waals surface area (Å²) in [7, 11) is 0. The van der Waals surface area contributed by atoms with E-state index in [2.05, 4.69) is 11.8 Å². The Kier molecular flexibility index (Phi) is 3.85. The fraction of sp³-hybridized carbons (Fsp3) is 0.923. The van der Waals surface area contributed by atoms with E-state index in [1.54, 1.807) is 0 Å². The number of likely N-dealkylation sites (tertiary alicyclic amines) is 1. The van der Waals surface area contributed by atoms with Crippen molar-refractivity contribution in [1.82, 2.24) is 4.90 Å². The van der Waals surface area contributed by atoms with Crippen molar-refractivity contribution in [1.29, 1.82) is 0 Å². The van der Waals surface area contributed by atoms with Gasteiger partial charge in [-0.25, -0.2) is 0 Å². The van der Waals surface area contributed by atoms with Crippen LogP contribution in [-0.2, 0) is 4.79 Å². The number of nitrogens with two attached hydrogens (primary N) is 1. The second-order valence-electron chi connectivity index (χ2n) is 5.30. The summed E-state index contributed by atoms with van der Waals surface area (Å²) in [6.07, 6.45) is 8.60. The lowest BCUT2D eigenvalue weighted by atomic mass is 9.82. The Bertz CT molecular complexity index is 248. The molecule has 16 heavy (non-hydrogen) atoms. The standard InChI is InChI=1S/C13H24N2O/c1-2-12(10-6-4-3-5-7-10)15-9-8-11(14)13(15)16/h10-12H,2-9,14H2,1H3. The number of amides is 1. The molecule has 2 atom stereocenters. The summed E-state index contributed by atoms with van der Waals surface area (Å²) in [6.45, 7) is 3.09. The van der Waals surface area contributed by atoms with Crippen LogP contribution in [0.2, 0.25) is 0 Å². The second-order valence-corrected chi connectivity index (χ2v) is 5.30. The van der Waals surface area contributed by atoms with Gasteiger partial charge in [0.25, 0.3) is 0 Å². The molecule has 2 unspecified atom stereocenters. The summed E-state index contributed by atoms with van der Waals surface area (Å²) in [5.74, 6) is 0.922. The number of carbonyl (C=O) groups is 1. The number of carbonyl (C=O) groups excluding carboxylic acids is 1. The average Bonchev–Trinajstić information content (AvgIpc) is 2.64. The first kappa shape index (κ1) is 11.9. The van der Waals surface area contributed by atoms with Gasteiger partial charge in [-0.2, -0.15) is 0 Å². The van der Waals surface area contributed by atoms with Crippen molar-refractivity contribution < 1.29 is 4.79 Å². The van der Waals surface area contributed by atoms with Gasteiger partial charge in [-0.15, -0.1) is 0 Å². The Balaban J connectivity index is 2.01. The van der Waals surface area contributed by atoms with Crippen LogP contribution < -0.4 is 5.73 Å². The van der Waals surface area contributed by atoms with E-state index < -0.39 is 0 Å². The van der Waals surface area contributed by atoms with Gasteiger partial charge in [0.15, 0.2) is 0 Å². The second kappa shape index (κ2) is 5.17. The maximum atomic E-state index is 11.9. The molecule has 2 aliphatic rings. The van der Waals surface area contributed by atoms with E-state index >= 15 is 0 Å². The minimum atomic E-state index is -0.224. The quantitative estimate of drug-likeness (QED) is 0.796. The largest absolute Gasteiger partial charge is 0.338 e. The van der Waals surface area contributed by atoms with Crippen LogP contribution in [0.4, 0.5) is 0 Å². The lowest BCUT2D eigenvalue weighted by molar-refractivity contribution is -0.132. The molecular formula is C13H24N2O. The molecule has 1 aliphatic carbocycles. The third-order valence-corrected chi connectivity index (χ3v) is 4.29. The molecule has 0 aromatic heterocycles. The normalized spacial score (nSPS) is 29.8. The molecule has 2 N–H and O–H groups in total. The highest BCUT2D eigenvalue weighted by molar-refractivity contribution is 5.84. The molecule has 0 aromatic carbocycles. The van der Waals surface area contributed by atoms with Crippen LogP contribution in [0, 0.1) is 5.92 Å². The molecule has 3 nitrogen and oxygen atoms in total. The number of rotatable bonds is 3. The summed E-state index contributed by atoms with van der Waals surface area (Å²) in [6, 6.07) is 0.235. The lowest BCUT2D eigenvalue weighted by Gasteiger charge is -2.36. The monoisotopic (exact) mass is 224 g/mol. The Labute approximate surface area is 98.4 Å². The SMILES string of the molecule is CCC(C1CCCCC1)N1CCC(N)C1=O. The predicted octanol–water partition coefficient (Wildman–Crippen LogP) is 1.90. The highest BCUT2D eigenvalue weighted by Gasteiger charge is 2.36. The van der Waals surface area contributed by atoms with Crippen LogP contribution in [0.1, 0.15) is 51.9 Å². The van der Waals surface area contributed by atoms with Crippen molar-refractivity contribution in [3.05, 3.63) is 0 Å². The lowest BCUT2D eigenvalue weighted by Crippen LogP contribution is -2.44. The molecule has 0 radical (unpaired) electrons. The number of nitrogens with zero attached hydrogens (tertiary/aromatic N) is 1. The van der Waals surface area contributed by atoms with Gasteiger partial charge in [-0.1, -0.05) is 26.2 Å². The van der Waals surface area contributed by atoms with Gasteiger partial charge in [-0.05, 0) is 31.6 Å². The van der Waals surface area contributed by atoms with Crippen LogP contribution in [0.3, 0.4) is 0 Å². The van der Waals surface area contributed by atoms with E-state index in [9.17, 15) is 4.79 Å². The van der Waals surface area contributed by atoms with Gasteiger partial charge in [0.05, 0.1) is 6.04 Å². The summed E-state index contributed by atoms with van der Waals surface area (Å²) < 4.78 is 0. The zero-order valence-corrected chi connectivity index (χ0v) is 10.3. The van der Waals surface area contributed by atoms with Crippen molar-refractivity contribution in [2.45, 2.75) is 64.0 Å². The van der Waals surface area contributed by atoms with Crippen LogP contribution in [0.15, 0.2) is 0 Å². The molecule has 92 valence electrons. The molecule has 1 heterocycles. The Morgan fingerprint density at radius 1 is 1.31 bits per heavy atom. The molecule has 0 bridgehead atoms. The van der Waals surface area contributed by atoms with Crippen LogP contribution >= 0.6 is 0 Å². The average molecular weight is 224 g/mol. The summed E-state index contributed by atoms with van der Waals surface area (Å²) >= 11 is 0. The molecule has 3 heteroatoms. The molecule has 1 amide bonds. The molecule has 0 aromatic rings. The van der Waals surface area contributed by atoms with E-state index in [-0.39, 0.29) is 11.9 Å². The van der Waals surface area contributed by atoms with Gasteiger partial charge in [-0.3, -0.25) is 4.79 Å². The minimum Gasteiger partial charge on any atom is -0.338 e. The van der Waals surface area contributed by atoms with Crippen LogP contribution in [0.5, 0.6) is 0 Å². The van der Waals surface area contributed by atoms with Crippen molar-refractivity contribution in [3.63, 3.8) is 0 Å². The van der Waals surface area contributed by atoms with E-state index in [1.165, 1.54) is 32.1 Å². The Hall–Kier alpha value is -0.570. The topological polar surface area (TPSA) is 46.3 Å². The Morgan fingerprint density at radius 3 is 2.50 bits per heavy atom. The maximum absolute atomic E-state index is 11.9.